The maximum atomic E-state index is 13.3. The number of aliphatic imine (C=N–C) groups is 1. The number of rotatable bonds is 4. The normalized spacial score (nSPS) is 17.7. The molecular formula is C23H24ClN3O3. The zero-order valence-corrected chi connectivity index (χ0v) is 18.0. The average Bonchev–Trinajstić information content (AvgIpc) is 3.13. The number of methoxy groups -OCH3 is 1. The summed E-state index contributed by atoms with van der Waals surface area (Å²) in [5, 5.41) is 3.23. The van der Waals surface area contributed by atoms with Crippen LogP contribution in [0.1, 0.15) is 30.4 Å². The first-order chi connectivity index (χ1) is 14.4. The van der Waals surface area contributed by atoms with Gasteiger partial charge in [-0.25, -0.2) is 0 Å². The summed E-state index contributed by atoms with van der Waals surface area (Å²) >= 11 is 6.15. The molecule has 0 spiro atoms. The lowest BCUT2D eigenvalue weighted by atomic mass is 10.0. The second kappa shape index (κ2) is 8.11. The van der Waals surface area contributed by atoms with Crippen molar-refractivity contribution in [1.29, 1.82) is 0 Å². The number of hydrogen-bond donors (Lipinski definition) is 1. The van der Waals surface area contributed by atoms with Gasteiger partial charge >= 0.3 is 0 Å². The Balaban J connectivity index is 1.63. The third kappa shape index (κ3) is 3.79. The number of nitrogens with one attached hydrogen (secondary N) is 1. The zero-order chi connectivity index (χ0) is 21.4. The average molecular weight is 426 g/mol. The predicted octanol–water partition coefficient (Wildman–Crippen LogP) is 4.82. The summed E-state index contributed by atoms with van der Waals surface area (Å²) in [6.45, 7) is 3.94. The van der Waals surface area contributed by atoms with Gasteiger partial charge < -0.3 is 15.0 Å². The Morgan fingerprint density at radius 2 is 2.03 bits per heavy atom. The van der Waals surface area contributed by atoms with E-state index in [0.29, 0.717) is 22.1 Å². The third-order valence-corrected chi connectivity index (χ3v) is 6.07. The number of anilines is 2. The quantitative estimate of drug-likeness (QED) is 0.763. The molecule has 30 heavy (non-hydrogen) atoms. The Hall–Kier alpha value is -2.86. The molecule has 1 unspecified atom stereocenters. The zero-order valence-electron chi connectivity index (χ0n) is 17.3. The maximum absolute atomic E-state index is 13.3. The maximum Gasteiger partial charge on any atom is 0.244 e. The summed E-state index contributed by atoms with van der Waals surface area (Å²) in [6.07, 6.45) is 2.54. The topological polar surface area (TPSA) is 71.0 Å². The lowest BCUT2D eigenvalue weighted by Gasteiger charge is -2.25. The van der Waals surface area contributed by atoms with Crippen LogP contribution in [0.15, 0.2) is 35.3 Å². The Morgan fingerprint density at radius 1 is 1.27 bits per heavy atom. The van der Waals surface area contributed by atoms with Crippen LogP contribution in [0.2, 0.25) is 5.02 Å². The van der Waals surface area contributed by atoms with Gasteiger partial charge in [0.15, 0.2) is 0 Å². The van der Waals surface area contributed by atoms with Crippen molar-refractivity contribution in [3.63, 3.8) is 0 Å². The number of aryl methyl sites for hydroxylation is 2. The molecule has 2 amide bonds. The van der Waals surface area contributed by atoms with E-state index in [4.69, 9.17) is 21.3 Å². The number of hydrogen-bond acceptors (Lipinski definition) is 4. The van der Waals surface area contributed by atoms with Crippen LogP contribution in [0.5, 0.6) is 5.75 Å². The number of carbonyl (C=O) groups is 2. The van der Waals surface area contributed by atoms with Gasteiger partial charge in [0.1, 0.15) is 12.3 Å². The molecule has 1 fully saturated rings. The monoisotopic (exact) mass is 425 g/mol. The van der Waals surface area contributed by atoms with Gasteiger partial charge in [-0.2, -0.15) is 0 Å². The summed E-state index contributed by atoms with van der Waals surface area (Å²) in [5.41, 5.74) is 5.08. The number of fused-ring (bicyclic) bond motifs is 2. The van der Waals surface area contributed by atoms with Crippen molar-refractivity contribution < 1.29 is 14.3 Å². The van der Waals surface area contributed by atoms with Crippen LogP contribution in [0.4, 0.5) is 17.1 Å². The number of halogens is 1. The summed E-state index contributed by atoms with van der Waals surface area (Å²) < 4.78 is 5.14. The van der Waals surface area contributed by atoms with E-state index in [9.17, 15) is 9.59 Å². The Kier molecular flexibility index (Phi) is 5.52. The smallest absolute Gasteiger partial charge is 0.244 e. The molecule has 2 aromatic carbocycles. The second-order valence-electron chi connectivity index (χ2n) is 7.80. The van der Waals surface area contributed by atoms with Crippen LogP contribution in [0.3, 0.4) is 0 Å². The molecule has 1 heterocycles. The standard InChI is InChI=1S/C23H24ClN3O3/c1-13-9-19-20(10-14(13)2)27(23(29)16-5-4-6-18(16)26-19)12-22(28)25-15-7-8-21(30-3)17(24)11-15/h7-11,16H,4-6,12H2,1-3H3,(H,25,28). The molecule has 0 radical (unpaired) electrons. The van der Waals surface area contributed by atoms with E-state index in [0.717, 1.165) is 41.8 Å². The van der Waals surface area contributed by atoms with Gasteiger partial charge in [0.05, 0.1) is 29.4 Å². The van der Waals surface area contributed by atoms with Gasteiger partial charge in [-0.15, -0.1) is 0 Å². The van der Waals surface area contributed by atoms with Crippen LogP contribution in [-0.4, -0.2) is 31.2 Å². The van der Waals surface area contributed by atoms with Gasteiger partial charge in [-0.05, 0) is 74.6 Å². The molecule has 4 rings (SSSR count). The minimum Gasteiger partial charge on any atom is -0.495 e. The molecule has 1 N–H and O–H groups in total. The first-order valence-corrected chi connectivity index (χ1v) is 10.4. The number of carbonyl (C=O) groups excluding carboxylic acids is 2. The lowest BCUT2D eigenvalue weighted by molar-refractivity contribution is -0.122. The minimum atomic E-state index is -0.296. The Bertz CT molecular complexity index is 1060. The Morgan fingerprint density at radius 3 is 2.77 bits per heavy atom. The van der Waals surface area contributed by atoms with E-state index >= 15 is 0 Å². The molecule has 1 aliphatic heterocycles. The number of ether oxygens (including phenoxy) is 1. The number of nitrogens with zero attached hydrogens (tertiary/aromatic N) is 2. The van der Waals surface area contributed by atoms with Gasteiger partial charge in [0, 0.05) is 11.4 Å². The van der Waals surface area contributed by atoms with Crippen molar-refractivity contribution in [2.75, 3.05) is 23.9 Å². The molecule has 6 nitrogen and oxygen atoms in total. The van der Waals surface area contributed by atoms with Gasteiger partial charge in [0.25, 0.3) is 0 Å². The number of benzene rings is 2. The minimum absolute atomic E-state index is 0.0591. The third-order valence-electron chi connectivity index (χ3n) is 5.78. The molecule has 0 saturated heterocycles. The number of amides is 2. The SMILES string of the molecule is COc1ccc(NC(=O)CN2C(=O)C3CCCC3=Nc3cc(C)c(C)cc32)cc1Cl. The van der Waals surface area contributed by atoms with Crippen LogP contribution < -0.4 is 15.0 Å². The second-order valence-corrected chi connectivity index (χ2v) is 8.20. The van der Waals surface area contributed by atoms with E-state index in [-0.39, 0.29) is 24.3 Å². The summed E-state index contributed by atoms with van der Waals surface area (Å²) in [4.78, 5) is 32.6. The molecule has 1 aliphatic carbocycles. The summed E-state index contributed by atoms with van der Waals surface area (Å²) in [7, 11) is 1.53. The van der Waals surface area contributed by atoms with Crippen LogP contribution in [0.25, 0.3) is 0 Å². The molecular weight excluding hydrogens is 402 g/mol. The molecule has 156 valence electrons. The van der Waals surface area contributed by atoms with E-state index in [1.165, 1.54) is 7.11 Å². The highest BCUT2D eigenvalue weighted by Gasteiger charge is 2.37. The van der Waals surface area contributed by atoms with Crippen molar-refractivity contribution >= 4 is 46.2 Å². The van der Waals surface area contributed by atoms with Crippen molar-refractivity contribution in [2.45, 2.75) is 33.1 Å². The van der Waals surface area contributed by atoms with Crippen molar-refractivity contribution in [3.8, 4) is 5.75 Å². The highest BCUT2D eigenvalue weighted by atomic mass is 35.5. The molecule has 1 atom stereocenters. The van der Waals surface area contributed by atoms with Crippen molar-refractivity contribution in [1.82, 2.24) is 0 Å². The van der Waals surface area contributed by atoms with Crippen LogP contribution in [0, 0.1) is 19.8 Å². The molecule has 2 aliphatic rings. The fourth-order valence-electron chi connectivity index (χ4n) is 4.03. The first-order valence-electron chi connectivity index (χ1n) is 10.0. The van der Waals surface area contributed by atoms with Gasteiger partial charge in [0.2, 0.25) is 11.8 Å². The van der Waals surface area contributed by atoms with Crippen LogP contribution >= 0.6 is 11.6 Å². The van der Waals surface area contributed by atoms with E-state index < -0.39 is 0 Å². The fourth-order valence-corrected chi connectivity index (χ4v) is 4.29. The van der Waals surface area contributed by atoms with Crippen molar-refractivity contribution in [2.24, 2.45) is 10.9 Å². The molecule has 0 bridgehead atoms. The van der Waals surface area contributed by atoms with Crippen LogP contribution in [-0.2, 0) is 9.59 Å². The van der Waals surface area contributed by atoms with E-state index in [2.05, 4.69) is 5.32 Å². The van der Waals surface area contributed by atoms with E-state index in [1.807, 2.05) is 26.0 Å². The lowest BCUT2D eigenvalue weighted by Crippen LogP contribution is -2.42. The highest BCUT2D eigenvalue weighted by molar-refractivity contribution is 6.32. The first kappa shape index (κ1) is 20.4. The largest absolute Gasteiger partial charge is 0.495 e. The predicted molar refractivity (Wildman–Crippen MR) is 119 cm³/mol. The summed E-state index contributed by atoms with van der Waals surface area (Å²) in [5.74, 6) is -0.0735. The fraction of sp³-hybridized carbons (Fsp3) is 0.348. The molecule has 2 aromatic rings. The van der Waals surface area contributed by atoms with Gasteiger partial charge in [-0.3, -0.25) is 14.6 Å². The molecule has 7 heteroatoms. The molecule has 0 aromatic heterocycles. The highest BCUT2D eigenvalue weighted by Crippen LogP contribution is 2.39. The van der Waals surface area contributed by atoms with Gasteiger partial charge in [-0.1, -0.05) is 11.6 Å². The summed E-state index contributed by atoms with van der Waals surface area (Å²) in [6, 6.07) is 8.98. The van der Waals surface area contributed by atoms with E-state index in [1.54, 1.807) is 23.1 Å². The van der Waals surface area contributed by atoms with Crippen molar-refractivity contribution in [3.05, 3.63) is 46.5 Å². The molecule has 1 saturated carbocycles. The Labute approximate surface area is 180 Å².